The van der Waals surface area contributed by atoms with Crippen molar-refractivity contribution in [2.24, 2.45) is 5.92 Å². The monoisotopic (exact) mass is 333 g/mol. The second kappa shape index (κ2) is 7.79. The van der Waals surface area contributed by atoms with Crippen molar-refractivity contribution in [3.8, 4) is 5.88 Å². The first-order valence-electron chi connectivity index (χ1n) is 8.75. The Morgan fingerprint density at radius 1 is 1.25 bits per heavy atom. The van der Waals surface area contributed by atoms with Crippen LogP contribution in [0.3, 0.4) is 0 Å². The number of hydrogen-bond acceptors (Lipinski definition) is 6. The van der Waals surface area contributed by atoms with E-state index in [1.165, 1.54) is 6.33 Å². The molecule has 1 N–H and O–H groups in total. The standard InChI is InChI=1S/C17H27N5O2/c1-21-7-3-4-13(11-21)17(23)22-8-5-14(6-9-22)20-15-10-16(24-2)19-12-18-15/h10,12-14H,3-9,11H2,1-2H3,(H,18,19,20). The van der Waals surface area contributed by atoms with E-state index in [1.54, 1.807) is 13.2 Å². The molecule has 2 aliphatic rings. The van der Waals surface area contributed by atoms with E-state index in [0.29, 0.717) is 17.8 Å². The summed E-state index contributed by atoms with van der Waals surface area (Å²) in [6.45, 7) is 3.65. The number of amides is 1. The maximum atomic E-state index is 12.7. The molecule has 3 rings (SSSR count). The number of ether oxygens (including phenoxy) is 1. The molecule has 0 saturated carbocycles. The van der Waals surface area contributed by atoms with Crippen LogP contribution in [-0.4, -0.2) is 72.1 Å². The normalized spacial score (nSPS) is 23.1. The Labute approximate surface area is 143 Å². The highest BCUT2D eigenvalue weighted by Gasteiger charge is 2.30. The molecule has 0 bridgehead atoms. The van der Waals surface area contributed by atoms with Crippen LogP contribution in [0.25, 0.3) is 0 Å². The van der Waals surface area contributed by atoms with E-state index in [0.717, 1.165) is 57.7 Å². The number of hydrogen-bond donors (Lipinski definition) is 1. The van der Waals surface area contributed by atoms with Crippen LogP contribution in [0.1, 0.15) is 25.7 Å². The number of piperidine rings is 2. The van der Waals surface area contributed by atoms with Gasteiger partial charge in [0.1, 0.15) is 12.1 Å². The molecule has 1 aromatic rings. The third kappa shape index (κ3) is 4.14. The van der Waals surface area contributed by atoms with E-state index in [1.807, 2.05) is 4.90 Å². The zero-order valence-electron chi connectivity index (χ0n) is 14.6. The Morgan fingerprint density at radius 2 is 2.04 bits per heavy atom. The summed E-state index contributed by atoms with van der Waals surface area (Å²) in [5.41, 5.74) is 0. The molecule has 7 heteroatoms. The second-order valence-corrected chi connectivity index (χ2v) is 6.79. The summed E-state index contributed by atoms with van der Waals surface area (Å²) in [5, 5.41) is 3.42. The zero-order valence-corrected chi connectivity index (χ0v) is 14.6. The number of anilines is 1. The number of nitrogens with one attached hydrogen (secondary N) is 1. The maximum absolute atomic E-state index is 12.7. The molecule has 0 spiro atoms. The average Bonchev–Trinajstić information content (AvgIpc) is 2.62. The fourth-order valence-electron chi connectivity index (χ4n) is 3.61. The van der Waals surface area contributed by atoms with Gasteiger partial charge < -0.3 is 19.9 Å². The minimum Gasteiger partial charge on any atom is -0.481 e. The van der Waals surface area contributed by atoms with E-state index >= 15 is 0 Å². The predicted octanol–water partition coefficient (Wildman–Crippen LogP) is 1.23. The van der Waals surface area contributed by atoms with Gasteiger partial charge in [0, 0.05) is 31.7 Å². The highest BCUT2D eigenvalue weighted by molar-refractivity contribution is 5.79. The molecule has 2 saturated heterocycles. The quantitative estimate of drug-likeness (QED) is 0.894. The van der Waals surface area contributed by atoms with E-state index in [9.17, 15) is 4.79 Å². The molecule has 132 valence electrons. The molecule has 7 nitrogen and oxygen atoms in total. The van der Waals surface area contributed by atoms with Crippen molar-refractivity contribution in [3.63, 3.8) is 0 Å². The largest absolute Gasteiger partial charge is 0.481 e. The molecule has 1 amide bonds. The van der Waals surface area contributed by atoms with E-state index in [-0.39, 0.29) is 5.92 Å². The van der Waals surface area contributed by atoms with Crippen LogP contribution in [0.5, 0.6) is 5.88 Å². The van der Waals surface area contributed by atoms with Gasteiger partial charge in [0.15, 0.2) is 0 Å². The van der Waals surface area contributed by atoms with Gasteiger partial charge in [-0.05, 0) is 39.3 Å². The molecule has 2 aliphatic heterocycles. The van der Waals surface area contributed by atoms with Crippen LogP contribution in [0.15, 0.2) is 12.4 Å². The van der Waals surface area contributed by atoms with Crippen molar-refractivity contribution in [3.05, 3.63) is 12.4 Å². The van der Waals surface area contributed by atoms with Gasteiger partial charge >= 0.3 is 0 Å². The lowest BCUT2D eigenvalue weighted by molar-refractivity contribution is -0.138. The van der Waals surface area contributed by atoms with Crippen molar-refractivity contribution >= 4 is 11.7 Å². The number of methoxy groups -OCH3 is 1. The maximum Gasteiger partial charge on any atom is 0.226 e. The first kappa shape index (κ1) is 17.0. The molecule has 1 atom stereocenters. The first-order chi connectivity index (χ1) is 11.7. The molecule has 1 aromatic heterocycles. The highest BCUT2D eigenvalue weighted by atomic mass is 16.5. The number of nitrogens with zero attached hydrogens (tertiary/aromatic N) is 4. The van der Waals surface area contributed by atoms with Crippen molar-refractivity contribution in [2.75, 3.05) is 45.7 Å². The van der Waals surface area contributed by atoms with Crippen LogP contribution in [0.4, 0.5) is 5.82 Å². The van der Waals surface area contributed by atoms with Gasteiger partial charge in [0.2, 0.25) is 11.8 Å². The van der Waals surface area contributed by atoms with Crippen molar-refractivity contribution in [1.29, 1.82) is 0 Å². The molecule has 24 heavy (non-hydrogen) atoms. The van der Waals surface area contributed by atoms with Crippen molar-refractivity contribution < 1.29 is 9.53 Å². The van der Waals surface area contributed by atoms with Crippen molar-refractivity contribution in [1.82, 2.24) is 19.8 Å². The topological polar surface area (TPSA) is 70.6 Å². The SMILES string of the molecule is COc1cc(NC2CCN(C(=O)C3CCCN(C)C3)CC2)ncn1. The summed E-state index contributed by atoms with van der Waals surface area (Å²) in [4.78, 5) is 25.2. The van der Waals surface area contributed by atoms with Crippen LogP contribution in [0, 0.1) is 5.92 Å². The summed E-state index contributed by atoms with van der Waals surface area (Å²) in [7, 11) is 3.70. The number of rotatable bonds is 4. The lowest BCUT2D eigenvalue weighted by atomic mass is 9.95. The van der Waals surface area contributed by atoms with E-state index in [2.05, 4.69) is 27.2 Å². The predicted molar refractivity (Wildman–Crippen MR) is 92.0 cm³/mol. The van der Waals surface area contributed by atoms with E-state index < -0.39 is 0 Å². The minimum atomic E-state index is 0.180. The van der Waals surface area contributed by atoms with Crippen molar-refractivity contribution in [2.45, 2.75) is 31.7 Å². The molecule has 0 aliphatic carbocycles. The van der Waals surface area contributed by atoms with Crippen LogP contribution in [0.2, 0.25) is 0 Å². The Bertz CT molecular complexity index is 560. The summed E-state index contributed by atoms with van der Waals surface area (Å²) < 4.78 is 5.12. The Kier molecular flexibility index (Phi) is 5.50. The van der Waals surface area contributed by atoms with Crippen LogP contribution >= 0.6 is 0 Å². The fraction of sp³-hybridized carbons (Fsp3) is 0.706. The summed E-state index contributed by atoms with van der Waals surface area (Å²) in [6.07, 6.45) is 5.54. The molecule has 2 fully saturated rings. The fourth-order valence-corrected chi connectivity index (χ4v) is 3.61. The third-order valence-corrected chi connectivity index (χ3v) is 4.98. The Morgan fingerprint density at radius 3 is 2.75 bits per heavy atom. The molecule has 1 unspecified atom stereocenters. The lowest BCUT2D eigenvalue weighted by Crippen LogP contribution is -2.48. The number of likely N-dealkylation sites (tertiary alicyclic amines) is 2. The first-order valence-corrected chi connectivity index (χ1v) is 8.75. The van der Waals surface area contributed by atoms with Gasteiger partial charge in [0.25, 0.3) is 0 Å². The molecule has 0 aromatic carbocycles. The average molecular weight is 333 g/mol. The smallest absolute Gasteiger partial charge is 0.226 e. The van der Waals surface area contributed by atoms with Crippen LogP contribution in [-0.2, 0) is 4.79 Å². The van der Waals surface area contributed by atoms with Gasteiger partial charge in [-0.25, -0.2) is 9.97 Å². The Balaban J connectivity index is 1.49. The van der Waals surface area contributed by atoms with Crippen LogP contribution < -0.4 is 10.1 Å². The van der Waals surface area contributed by atoms with Gasteiger partial charge in [-0.3, -0.25) is 4.79 Å². The van der Waals surface area contributed by atoms with E-state index in [4.69, 9.17) is 4.74 Å². The molecular weight excluding hydrogens is 306 g/mol. The molecule has 0 radical (unpaired) electrons. The number of carbonyl (C=O) groups is 1. The molecular formula is C17H27N5O2. The minimum absolute atomic E-state index is 0.180. The van der Waals surface area contributed by atoms with Gasteiger partial charge in [-0.1, -0.05) is 0 Å². The summed E-state index contributed by atoms with van der Waals surface area (Å²) >= 11 is 0. The van der Waals surface area contributed by atoms with Gasteiger partial charge in [0.05, 0.1) is 13.0 Å². The highest BCUT2D eigenvalue weighted by Crippen LogP contribution is 2.22. The van der Waals surface area contributed by atoms with Gasteiger partial charge in [-0.15, -0.1) is 0 Å². The zero-order chi connectivity index (χ0) is 16.9. The third-order valence-electron chi connectivity index (χ3n) is 4.98. The number of carbonyl (C=O) groups excluding carboxylic acids is 1. The van der Waals surface area contributed by atoms with Gasteiger partial charge in [-0.2, -0.15) is 0 Å². The molecule has 3 heterocycles. The second-order valence-electron chi connectivity index (χ2n) is 6.79. The number of aromatic nitrogens is 2. The summed E-state index contributed by atoms with van der Waals surface area (Å²) in [6, 6.07) is 2.14. The lowest BCUT2D eigenvalue weighted by Gasteiger charge is -2.37. The Hall–Kier alpha value is -1.89. The summed E-state index contributed by atoms with van der Waals surface area (Å²) in [5.74, 6) is 1.85.